The summed E-state index contributed by atoms with van der Waals surface area (Å²) in [6.45, 7) is 2.65. The third-order valence-corrected chi connectivity index (χ3v) is 4.12. The third kappa shape index (κ3) is 2.37. The number of fused-ring (bicyclic) bond motifs is 1. The highest BCUT2D eigenvalue weighted by atomic mass is 16.5. The van der Waals surface area contributed by atoms with Gasteiger partial charge in [0.15, 0.2) is 5.78 Å². The molecular formula is C15H19NO3. The fraction of sp³-hybridized carbons (Fsp3) is 0.600. The number of rotatable bonds is 2. The van der Waals surface area contributed by atoms with Gasteiger partial charge in [0.2, 0.25) is 0 Å². The van der Waals surface area contributed by atoms with Crippen LogP contribution in [-0.2, 0) is 17.7 Å². The number of hydrogen-bond acceptors (Lipinski definition) is 3. The number of ether oxygens (including phenoxy) is 1. The van der Waals surface area contributed by atoms with Crippen LogP contribution < -0.4 is 5.56 Å². The molecule has 3 rings (SSSR count). The van der Waals surface area contributed by atoms with Gasteiger partial charge in [-0.25, -0.2) is 0 Å². The lowest BCUT2D eigenvalue weighted by molar-refractivity contribution is 0.0445. The van der Waals surface area contributed by atoms with Gasteiger partial charge in [-0.15, -0.1) is 0 Å². The first-order valence-electron chi connectivity index (χ1n) is 7.06. The Hall–Kier alpha value is -1.42. The van der Waals surface area contributed by atoms with Gasteiger partial charge in [-0.2, -0.15) is 0 Å². The van der Waals surface area contributed by atoms with Crippen LogP contribution >= 0.6 is 0 Å². The molecule has 1 saturated heterocycles. The Morgan fingerprint density at radius 2 is 2.11 bits per heavy atom. The highest BCUT2D eigenvalue weighted by Crippen LogP contribution is 2.23. The Bertz CT molecular complexity index is 561. The van der Waals surface area contributed by atoms with E-state index in [1.165, 1.54) is 6.07 Å². The second kappa shape index (κ2) is 4.93. The van der Waals surface area contributed by atoms with E-state index in [0.29, 0.717) is 13.0 Å². The molecular weight excluding hydrogens is 242 g/mol. The lowest BCUT2D eigenvalue weighted by Crippen LogP contribution is -2.32. The summed E-state index contributed by atoms with van der Waals surface area (Å²) in [5, 5.41) is 0. The highest BCUT2D eigenvalue weighted by Gasteiger charge is 2.26. The molecule has 1 aliphatic heterocycles. The van der Waals surface area contributed by atoms with Crippen molar-refractivity contribution in [2.75, 3.05) is 0 Å². The lowest BCUT2D eigenvalue weighted by atomic mass is 9.94. The van der Waals surface area contributed by atoms with Crippen molar-refractivity contribution >= 4 is 5.78 Å². The molecule has 2 atom stereocenters. The number of pyridine rings is 1. The van der Waals surface area contributed by atoms with E-state index in [0.717, 1.165) is 36.9 Å². The highest BCUT2D eigenvalue weighted by molar-refractivity contribution is 5.97. The molecule has 4 heteroatoms. The van der Waals surface area contributed by atoms with Crippen LogP contribution in [0.5, 0.6) is 0 Å². The van der Waals surface area contributed by atoms with Crippen LogP contribution in [0.1, 0.15) is 48.7 Å². The Labute approximate surface area is 112 Å². The second-order valence-corrected chi connectivity index (χ2v) is 5.57. The molecule has 1 fully saturated rings. The summed E-state index contributed by atoms with van der Waals surface area (Å²) in [5.74, 6) is 0.163. The minimum Gasteiger partial charge on any atom is -0.373 e. The van der Waals surface area contributed by atoms with Crippen molar-refractivity contribution in [2.24, 2.45) is 0 Å². The molecule has 0 N–H and O–H groups in total. The van der Waals surface area contributed by atoms with E-state index >= 15 is 0 Å². The van der Waals surface area contributed by atoms with E-state index in [1.807, 2.05) is 0 Å². The average Bonchev–Trinajstić information content (AvgIpc) is 2.79. The van der Waals surface area contributed by atoms with E-state index in [-0.39, 0.29) is 23.6 Å². The summed E-state index contributed by atoms with van der Waals surface area (Å²) in [7, 11) is 0. The maximum Gasteiger partial charge on any atom is 0.250 e. The average molecular weight is 261 g/mol. The predicted molar refractivity (Wildman–Crippen MR) is 71.5 cm³/mol. The summed E-state index contributed by atoms with van der Waals surface area (Å²) < 4.78 is 7.55. The van der Waals surface area contributed by atoms with Crippen molar-refractivity contribution in [2.45, 2.75) is 57.8 Å². The number of nitrogens with zero attached hydrogens (tertiary/aromatic N) is 1. The number of Topliss-reactive ketones (excluding diaryl/α,β-unsaturated/α-hetero) is 1. The predicted octanol–water partition coefficient (Wildman–Crippen LogP) is 1.93. The van der Waals surface area contributed by atoms with E-state index < -0.39 is 0 Å². The van der Waals surface area contributed by atoms with Crippen molar-refractivity contribution in [3.63, 3.8) is 0 Å². The molecule has 4 nitrogen and oxygen atoms in total. The van der Waals surface area contributed by atoms with E-state index in [2.05, 4.69) is 6.92 Å². The molecule has 0 saturated carbocycles. The number of carbonyl (C=O) groups is 1. The molecule has 0 radical (unpaired) electrons. The summed E-state index contributed by atoms with van der Waals surface area (Å²) >= 11 is 0. The van der Waals surface area contributed by atoms with Crippen molar-refractivity contribution in [1.29, 1.82) is 0 Å². The zero-order valence-electron chi connectivity index (χ0n) is 11.2. The smallest absolute Gasteiger partial charge is 0.250 e. The third-order valence-electron chi connectivity index (χ3n) is 4.12. The van der Waals surface area contributed by atoms with Crippen LogP contribution in [0, 0.1) is 0 Å². The van der Waals surface area contributed by atoms with Gasteiger partial charge in [-0.1, -0.05) is 0 Å². The van der Waals surface area contributed by atoms with Crippen LogP contribution in [0.3, 0.4) is 0 Å². The van der Waals surface area contributed by atoms with Gasteiger partial charge in [0.25, 0.3) is 5.56 Å². The van der Waals surface area contributed by atoms with Gasteiger partial charge in [-0.05, 0) is 38.7 Å². The molecule has 102 valence electrons. The van der Waals surface area contributed by atoms with Gasteiger partial charge in [0, 0.05) is 23.7 Å². The topological polar surface area (TPSA) is 48.3 Å². The normalized spacial score (nSPS) is 26.5. The fourth-order valence-corrected chi connectivity index (χ4v) is 3.12. The van der Waals surface area contributed by atoms with Crippen molar-refractivity contribution < 1.29 is 9.53 Å². The zero-order chi connectivity index (χ0) is 13.4. The van der Waals surface area contributed by atoms with Crippen LogP contribution in [0.15, 0.2) is 16.9 Å². The molecule has 2 aliphatic rings. The van der Waals surface area contributed by atoms with Crippen molar-refractivity contribution in [1.82, 2.24) is 4.57 Å². The van der Waals surface area contributed by atoms with Crippen LogP contribution in [0.4, 0.5) is 0 Å². The maximum atomic E-state index is 12.1. The second-order valence-electron chi connectivity index (χ2n) is 5.57. The molecule has 0 spiro atoms. The first-order chi connectivity index (χ1) is 9.15. The standard InChI is InChI=1S/C15H19NO3/c1-10-5-6-11(19-10)9-16-13-3-2-4-14(17)12(13)7-8-15(16)18/h7-8,10-11H,2-6,9H2,1H3. The number of hydrogen-bond donors (Lipinski definition) is 0. The lowest BCUT2D eigenvalue weighted by Gasteiger charge is -2.22. The first kappa shape index (κ1) is 12.6. The molecule has 1 aromatic heterocycles. The molecule has 2 unspecified atom stereocenters. The molecule has 0 aromatic carbocycles. The molecule has 1 aliphatic carbocycles. The molecule has 2 heterocycles. The largest absolute Gasteiger partial charge is 0.373 e. The monoisotopic (exact) mass is 261 g/mol. The van der Waals surface area contributed by atoms with Gasteiger partial charge in [0.05, 0.1) is 18.8 Å². The molecule has 0 bridgehead atoms. The summed E-state index contributed by atoms with van der Waals surface area (Å²) in [4.78, 5) is 24.0. The van der Waals surface area contributed by atoms with E-state index in [1.54, 1.807) is 10.6 Å². The summed E-state index contributed by atoms with van der Waals surface area (Å²) in [6.07, 6.45) is 4.69. The number of carbonyl (C=O) groups excluding carboxylic acids is 1. The first-order valence-corrected chi connectivity index (χ1v) is 7.06. The summed E-state index contributed by atoms with van der Waals surface area (Å²) in [5.41, 5.74) is 1.63. The minimum absolute atomic E-state index is 0.0170. The Kier molecular flexibility index (Phi) is 3.27. The van der Waals surface area contributed by atoms with Gasteiger partial charge in [-0.3, -0.25) is 9.59 Å². The Morgan fingerprint density at radius 1 is 1.26 bits per heavy atom. The maximum absolute atomic E-state index is 12.1. The Morgan fingerprint density at radius 3 is 2.84 bits per heavy atom. The van der Waals surface area contributed by atoms with Crippen LogP contribution in [0.25, 0.3) is 0 Å². The molecule has 1 aromatic rings. The molecule has 19 heavy (non-hydrogen) atoms. The minimum atomic E-state index is -0.0170. The Balaban J connectivity index is 1.94. The fourth-order valence-electron chi connectivity index (χ4n) is 3.12. The number of ketones is 1. The zero-order valence-corrected chi connectivity index (χ0v) is 11.2. The molecule has 0 amide bonds. The van der Waals surface area contributed by atoms with Gasteiger partial charge in [0.1, 0.15) is 0 Å². The summed E-state index contributed by atoms with van der Waals surface area (Å²) in [6, 6.07) is 3.20. The quantitative estimate of drug-likeness (QED) is 0.817. The van der Waals surface area contributed by atoms with Crippen molar-refractivity contribution in [3.05, 3.63) is 33.7 Å². The number of aromatic nitrogens is 1. The van der Waals surface area contributed by atoms with Gasteiger partial charge < -0.3 is 9.30 Å². The van der Waals surface area contributed by atoms with Crippen LogP contribution in [-0.4, -0.2) is 22.6 Å². The SMILES string of the molecule is CC1CCC(Cn2c3c(ccc2=O)C(=O)CCC3)O1. The van der Waals surface area contributed by atoms with Gasteiger partial charge >= 0.3 is 0 Å². The van der Waals surface area contributed by atoms with E-state index in [9.17, 15) is 9.59 Å². The van der Waals surface area contributed by atoms with Crippen molar-refractivity contribution in [3.8, 4) is 0 Å². The van der Waals surface area contributed by atoms with E-state index in [4.69, 9.17) is 4.74 Å². The van der Waals surface area contributed by atoms with Crippen LogP contribution in [0.2, 0.25) is 0 Å².